The van der Waals surface area contributed by atoms with E-state index in [4.69, 9.17) is 15.3 Å². The molecule has 2 aromatic carbocycles. The highest BCUT2D eigenvalue weighted by atomic mass is 19.1. The van der Waals surface area contributed by atoms with Gasteiger partial charge < -0.3 is 15.3 Å². The molecule has 6 heteroatoms. The topological polar surface area (TPSA) is 47.7 Å². The Morgan fingerprint density at radius 2 is 1.96 bits per heavy atom. The zero-order valence-electron chi connectivity index (χ0n) is 13.0. The van der Waals surface area contributed by atoms with Crippen LogP contribution in [0.5, 0.6) is 5.75 Å². The van der Waals surface area contributed by atoms with Gasteiger partial charge in [0.1, 0.15) is 17.7 Å². The van der Waals surface area contributed by atoms with Gasteiger partial charge in [0.25, 0.3) is 0 Å². The molecular weight excluding hydrogens is 314 g/mol. The number of hydrogen-bond acceptors (Lipinski definition) is 4. The van der Waals surface area contributed by atoms with Crippen molar-refractivity contribution in [3.05, 3.63) is 65.2 Å². The Balaban J connectivity index is 1.47. The van der Waals surface area contributed by atoms with Gasteiger partial charge in [-0.3, -0.25) is 0 Å². The third-order valence-corrected chi connectivity index (χ3v) is 4.59. The first-order chi connectivity index (χ1) is 11.6. The summed E-state index contributed by atoms with van der Waals surface area (Å²) in [6.45, 7) is 1.01. The van der Waals surface area contributed by atoms with Gasteiger partial charge in [0.05, 0.1) is 19.2 Å². The molecule has 2 unspecified atom stereocenters. The zero-order chi connectivity index (χ0) is 16.7. The molecule has 0 saturated carbocycles. The van der Waals surface area contributed by atoms with E-state index in [1.807, 2.05) is 29.3 Å². The smallest absolute Gasteiger partial charge is 0.152 e. The minimum absolute atomic E-state index is 0.0275. The Kier molecular flexibility index (Phi) is 3.96. The summed E-state index contributed by atoms with van der Waals surface area (Å²) in [4.78, 5) is 5.84. The van der Waals surface area contributed by atoms with Gasteiger partial charge in [-0.15, -0.1) is 5.06 Å². The Bertz CT molecular complexity index is 731. The second-order valence-corrected chi connectivity index (χ2v) is 6.25. The van der Waals surface area contributed by atoms with Crippen molar-refractivity contribution >= 4 is 0 Å². The summed E-state index contributed by atoms with van der Waals surface area (Å²) < 4.78 is 33.2. The predicted octanol–water partition coefficient (Wildman–Crippen LogP) is 2.93. The van der Waals surface area contributed by atoms with Crippen molar-refractivity contribution in [1.82, 2.24) is 5.06 Å². The van der Waals surface area contributed by atoms with Gasteiger partial charge in [-0.1, -0.05) is 18.2 Å². The molecule has 0 aromatic heterocycles. The molecule has 1 fully saturated rings. The lowest BCUT2D eigenvalue weighted by Gasteiger charge is -2.37. The number of para-hydroxylation sites is 1. The van der Waals surface area contributed by atoms with Crippen LogP contribution in [-0.2, 0) is 11.3 Å². The van der Waals surface area contributed by atoms with Gasteiger partial charge in [-0.25, -0.2) is 8.78 Å². The Morgan fingerprint density at radius 3 is 2.75 bits per heavy atom. The SMILES string of the molecule is NC1C[C@@H](N2Cc3ccccc3O2)COC1c1cc(F)ccc1F. The van der Waals surface area contributed by atoms with Crippen LogP contribution in [0.15, 0.2) is 42.5 Å². The van der Waals surface area contributed by atoms with Crippen LogP contribution in [0.25, 0.3) is 0 Å². The number of hydroxylamine groups is 2. The van der Waals surface area contributed by atoms with Crippen LogP contribution in [0.4, 0.5) is 8.78 Å². The second-order valence-electron chi connectivity index (χ2n) is 6.25. The van der Waals surface area contributed by atoms with Crippen molar-refractivity contribution < 1.29 is 18.4 Å². The standard InChI is InChI=1S/C18H18F2N2O2/c19-12-5-6-15(20)14(7-12)18-16(21)8-13(10-23-18)22-9-11-3-1-2-4-17(11)24-22/h1-7,13,16,18H,8-10,21H2/t13-,16?,18?/m1/s1. The Morgan fingerprint density at radius 1 is 1.12 bits per heavy atom. The van der Waals surface area contributed by atoms with E-state index in [1.54, 1.807) is 0 Å². The number of rotatable bonds is 2. The van der Waals surface area contributed by atoms with Crippen LogP contribution < -0.4 is 10.6 Å². The fourth-order valence-electron chi connectivity index (χ4n) is 3.35. The first kappa shape index (κ1) is 15.5. The number of hydrogen-bond donors (Lipinski definition) is 1. The molecule has 126 valence electrons. The number of fused-ring (bicyclic) bond motifs is 1. The third kappa shape index (κ3) is 2.77. The molecule has 3 atom stereocenters. The molecule has 1 saturated heterocycles. The van der Waals surface area contributed by atoms with E-state index >= 15 is 0 Å². The van der Waals surface area contributed by atoms with Gasteiger partial charge in [-0.2, -0.15) is 0 Å². The van der Waals surface area contributed by atoms with Crippen LogP contribution in [-0.4, -0.2) is 23.8 Å². The fraction of sp³-hybridized carbons (Fsp3) is 0.333. The molecular formula is C18H18F2N2O2. The minimum Gasteiger partial charge on any atom is -0.405 e. The largest absolute Gasteiger partial charge is 0.405 e. The molecule has 0 spiro atoms. The van der Waals surface area contributed by atoms with Crippen molar-refractivity contribution in [2.45, 2.75) is 31.2 Å². The highest BCUT2D eigenvalue weighted by molar-refractivity contribution is 5.35. The average Bonchev–Trinajstić information content (AvgIpc) is 3.01. The first-order valence-electron chi connectivity index (χ1n) is 7.96. The van der Waals surface area contributed by atoms with Crippen molar-refractivity contribution in [1.29, 1.82) is 0 Å². The van der Waals surface area contributed by atoms with Crippen molar-refractivity contribution in [3.8, 4) is 5.75 Å². The molecule has 0 aliphatic carbocycles. The van der Waals surface area contributed by atoms with Crippen LogP contribution in [0.1, 0.15) is 23.7 Å². The lowest BCUT2D eigenvalue weighted by atomic mass is 9.93. The maximum absolute atomic E-state index is 14.0. The van der Waals surface area contributed by atoms with E-state index in [0.717, 1.165) is 29.5 Å². The summed E-state index contributed by atoms with van der Waals surface area (Å²) in [6, 6.07) is 10.7. The van der Waals surface area contributed by atoms with Crippen LogP contribution in [0.3, 0.4) is 0 Å². The lowest BCUT2D eigenvalue weighted by Crippen LogP contribution is -2.49. The van der Waals surface area contributed by atoms with Gasteiger partial charge in [-0.05, 0) is 30.7 Å². The summed E-state index contributed by atoms with van der Waals surface area (Å²) in [6.07, 6.45) is -0.0730. The number of ether oxygens (including phenoxy) is 1. The van der Waals surface area contributed by atoms with E-state index in [1.165, 1.54) is 0 Å². The molecule has 0 radical (unpaired) electrons. The van der Waals surface area contributed by atoms with E-state index in [0.29, 0.717) is 19.6 Å². The molecule has 4 nitrogen and oxygen atoms in total. The highest BCUT2D eigenvalue weighted by Gasteiger charge is 2.37. The van der Waals surface area contributed by atoms with Crippen molar-refractivity contribution in [3.63, 3.8) is 0 Å². The normalized spacial score (nSPS) is 26.9. The van der Waals surface area contributed by atoms with Gasteiger partial charge in [0.2, 0.25) is 0 Å². The second kappa shape index (κ2) is 6.12. The number of halogens is 2. The van der Waals surface area contributed by atoms with E-state index in [-0.39, 0.29) is 11.6 Å². The molecule has 2 aliphatic rings. The highest BCUT2D eigenvalue weighted by Crippen LogP contribution is 2.35. The summed E-state index contributed by atoms with van der Waals surface area (Å²) in [7, 11) is 0. The van der Waals surface area contributed by atoms with Crippen LogP contribution in [0, 0.1) is 11.6 Å². The molecule has 2 aliphatic heterocycles. The molecule has 2 N–H and O–H groups in total. The van der Waals surface area contributed by atoms with Crippen molar-refractivity contribution in [2.24, 2.45) is 5.73 Å². The average molecular weight is 332 g/mol. The van der Waals surface area contributed by atoms with E-state index in [2.05, 4.69) is 0 Å². The van der Waals surface area contributed by atoms with Gasteiger partial charge in [0, 0.05) is 17.2 Å². The molecule has 0 amide bonds. The third-order valence-electron chi connectivity index (χ3n) is 4.59. The van der Waals surface area contributed by atoms with E-state index < -0.39 is 23.8 Å². The maximum Gasteiger partial charge on any atom is 0.152 e. The summed E-state index contributed by atoms with van der Waals surface area (Å²) in [5.41, 5.74) is 7.48. The minimum atomic E-state index is -0.651. The van der Waals surface area contributed by atoms with Gasteiger partial charge >= 0.3 is 0 Å². The summed E-state index contributed by atoms with van der Waals surface area (Å²) in [5, 5.41) is 1.85. The zero-order valence-corrected chi connectivity index (χ0v) is 13.0. The predicted molar refractivity (Wildman–Crippen MR) is 84.0 cm³/mol. The van der Waals surface area contributed by atoms with E-state index in [9.17, 15) is 8.78 Å². The van der Waals surface area contributed by atoms with Crippen LogP contribution >= 0.6 is 0 Å². The molecule has 2 heterocycles. The summed E-state index contributed by atoms with van der Waals surface area (Å²) >= 11 is 0. The maximum atomic E-state index is 14.0. The molecule has 0 bridgehead atoms. The van der Waals surface area contributed by atoms with Gasteiger partial charge in [0.15, 0.2) is 5.75 Å². The lowest BCUT2D eigenvalue weighted by molar-refractivity contribution is -0.143. The number of benzene rings is 2. The Labute approximate surface area is 138 Å². The van der Waals surface area contributed by atoms with Crippen LogP contribution in [0.2, 0.25) is 0 Å². The first-order valence-corrected chi connectivity index (χ1v) is 7.96. The quantitative estimate of drug-likeness (QED) is 0.919. The monoisotopic (exact) mass is 332 g/mol. The number of nitrogens with two attached hydrogens (primary N) is 1. The fourth-order valence-corrected chi connectivity index (χ4v) is 3.35. The van der Waals surface area contributed by atoms with Crippen molar-refractivity contribution in [2.75, 3.05) is 6.61 Å². The molecule has 24 heavy (non-hydrogen) atoms. The molecule has 2 aromatic rings. The molecule has 4 rings (SSSR count). The number of nitrogens with zero attached hydrogens (tertiary/aromatic N) is 1. The summed E-state index contributed by atoms with van der Waals surface area (Å²) in [5.74, 6) is -0.160. The Hall–Kier alpha value is -2.02.